The van der Waals surface area contributed by atoms with Gasteiger partial charge in [0.05, 0.1) is 0 Å². The second-order valence-electron chi connectivity index (χ2n) is 6.77. The molecule has 1 heterocycles. The summed E-state index contributed by atoms with van der Waals surface area (Å²) in [4.78, 5) is 35.6. The van der Waals surface area contributed by atoms with Crippen LogP contribution in [0.4, 0.5) is 5.69 Å². The van der Waals surface area contributed by atoms with Gasteiger partial charge in [-0.2, -0.15) is 0 Å². The van der Waals surface area contributed by atoms with Gasteiger partial charge in [0, 0.05) is 37.4 Å². The summed E-state index contributed by atoms with van der Waals surface area (Å²) in [6.45, 7) is 5.28. The van der Waals surface area contributed by atoms with E-state index < -0.39 is 0 Å². The minimum atomic E-state index is -0.357. The summed E-state index contributed by atoms with van der Waals surface area (Å²) in [5.74, 6) is -0.102. The highest BCUT2D eigenvalue weighted by molar-refractivity contribution is 5.95. The fourth-order valence-electron chi connectivity index (χ4n) is 2.65. The molecule has 3 amide bonds. The Labute approximate surface area is 153 Å². The van der Waals surface area contributed by atoms with Crippen molar-refractivity contribution in [2.45, 2.75) is 39.2 Å². The normalized spacial score (nSPS) is 16.3. The minimum Gasteiger partial charge on any atom is -0.368 e. The monoisotopic (exact) mass is 361 g/mol. The van der Waals surface area contributed by atoms with E-state index in [9.17, 15) is 14.4 Å². The van der Waals surface area contributed by atoms with Gasteiger partial charge >= 0.3 is 0 Å². The van der Waals surface area contributed by atoms with E-state index in [1.807, 2.05) is 13.8 Å². The Hall–Kier alpha value is -2.41. The molecule has 26 heavy (non-hydrogen) atoms. The molecular weight excluding hydrogens is 334 g/mol. The predicted molar refractivity (Wildman–Crippen MR) is 98.8 cm³/mol. The van der Waals surface area contributed by atoms with Crippen molar-refractivity contribution in [3.05, 3.63) is 29.8 Å². The number of carbonyl (C=O) groups is 3. The second-order valence-corrected chi connectivity index (χ2v) is 6.77. The maximum atomic E-state index is 12.1. The van der Waals surface area contributed by atoms with Crippen molar-refractivity contribution in [1.29, 1.82) is 0 Å². The van der Waals surface area contributed by atoms with Crippen LogP contribution in [0.25, 0.3) is 0 Å². The first-order valence-electron chi connectivity index (χ1n) is 9.03. The highest BCUT2D eigenvalue weighted by atomic mass is 16.5. The van der Waals surface area contributed by atoms with Crippen molar-refractivity contribution in [2.24, 2.45) is 5.92 Å². The summed E-state index contributed by atoms with van der Waals surface area (Å²) >= 11 is 0. The van der Waals surface area contributed by atoms with E-state index in [-0.39, 0.29) is 23.8 Å². The number of amides is 3. The lowest BCUT2D eigenvalue weighted by Crippen LogP contribution is -2.39. The second kappa shape index (κ2) is 9.91. The molecule has 0 aliphatic carbocycles. The van der Waals surface area contributed by atoms with E-state index >= 15 is 0 Å². The van der Waals surface area contributed by atoms with E-state index in [2.05, 4.69) is 16.0 Å². The Bertz CT molecular complexity index is 622. The summed E-state index contributed by atoms with van der Waals surface area (Å²) < 4.78 is 5.29. The molecule has 2 rings (SSSR count). The number of ether oxygens (including phenoxy) is 1. The Kier molecular flexibility index (Phi) is 7.59. The molecule has 1 unspecified atom stereocenters. The van der Waals surface area contributed by atoms with Crippen molar-refractivity contribution >= 4 is 23.4 Å². The Morgan fingerprint density at radius 2 is 1.81 bits per heavy atom. The maximum absolute atomic E-state index is 12.1. The molecule has 7 heteroatoms. The zero-order chi connectivity index (χ0) is 18.9. The van der Waals surface area contributed by atoms with Gasteiger partial charge in [0.1, 0.15) is 6.10 Å². The lowest BCUT2D eigenvalue weighted by atomic mass is 10.1. The molecule has 1 saturated heterocycles. The molecule has 1 aliphatic rings. The van der Waals surface area contributed by atoms with E-state index in [4.69, 9.17) is 4.74 Å². The third-order valence-corrected chi connectivity index (χ3v) is 3.96. The first-order chi connectivity index (χ1) is 12.5. The number of rotatable bonds is 8. The van der Waals surface area contributed by atoms with Gasteiger partial charge in [-0.1, -0.05) is 13.8 Å². The van der Waals surface area contributed by atoms with Gasteiger partial charge in [-0.25, -0.2) is 0 Å². The molecular formula is C19H27N3O4. The number of anilines is 1. The van der Waals surface area contributed by atoms with Crippen molar-refractivity contribution < 1.29 is 19.1 Å². The summed E-state index contributed by atoms with van der Waals surface area (Å²) in [7, 11) is 0. The SMILES string of the molecule is CC(C)CC(=O)Nc1ccc(C(=O)NCCNC(=O)C2CCCO2)cc1. The Morgan fingerprint density at radius 3 is 2.42 bits per heavy atom. The highest BCUT2D eigenvalue weighted by Crippen LogP contribution is 2.12. The zero-order valence-corrected chi connectivity index (χ0v) is 15.3. The predicted octanol–water partition coefficient (Wildman–Crippen LogP) is 1.70. The summed E-state index contributed by atoms with van der Waals surface area (Å²) in [5.41, 5.74) is 1.16. The van der Waals surface area contributed by atoms with Crippen molar-refractivity contribution in [3.63, 3.8) is 0 Å². The fourth-order valence-corrected chi connectivity index (χ4v) is 2.65. The first kappa shape index (κ1) is 19.9. The van der Waals surface area contributed by atoms with Crippen LogP contribution >= 0.6 is 0 Å². The van der Waals surface area contributed by atoms with Crippen LogP contribution in [0.1, 0.15) is 43.5 Å². The molecule has 1 aromatic carbocycles. The summed E-state index contributed by atoms with van der Waals surface area (Å²) in [6.07, 6.45) is 1.75. The molecule has 0 bridgehead atoms. The van der Waals surface area contributed by atoms with Crippen molar-refractivity contribution in [3.8, 4) is 0 Å². The van der Waals surface area contributed by atoms with Gasteiger partial charge in [0.15, 0.2) is 0 Å². The molecule has 1 atom stereocenters. The number of hydrogen-bond acceptors (Lipinski definition) is 4. The van der Waals surface area contributed by atoms with Crippen LogP contribution in [0.15, 0.2) is 24.3 Å². The highest BCUT2D eigenvalue weighted by Gasteiger charge is 2.22. The molecule has 0 saturated carbocycles. The Balaban J connectivity index is 1.70. The summed E-state index contributed by atoms with van der Waals surface area (Å²) in [5, 5.41) is 8.30. The molecule has 142 valence electrons. The van der Waals surface area contributed by atoms with E-state index in [0.29, 0.717) is 43.3 Å². The Morgan fingerprint density at radius 1 is 1.12 bits per heavy atom. The van der Waals surface area contributed by atoms with Crippen LogP contribution in [0, 0.1) is 5.92 Å². The average Bonchev–Trinajstić information content (AvgIpc) is 3.13. The molecule has 0 radical (unpaired) electrons. The average molecular weight is 361 g/mol. The van der Waals surface area contributed by atoms with Gasteiger partial charge in [-0.3, -0.25) is 14.4 Å². The van der Waals surface area contributed by atoms with Crippen LogP contribution < -0.4 is 16.0 Å². The van der Waals surface area contributed by atoms with Crippen molar-refractivity contribution in [1.82, 2.24) is 10.6 Å². The van der Waals surface area contributed by atoms with Crippen LogP contribution in [-0.2, 0) is 14.3 Å². The molecule has 7 nitrogen and oxygen atoms in total. The minimum absolute atomic E-state index is 0.0424. The smallest absolute Gasteiger partial charge is 0.251 e. The molecule has 1 fully saturated rings. The lowest BCUT2D eigenvalue weighted by Gasteiger charge is -2.11. The van der Waals surface area contributed by atoms with E-state index in [1.54, 1.807) is 24.3 Å². The number of benzene rings is 1. The molecule has 3 N–H and O–H groups in total. The van der Waals surface area contributed by atoms with Crippen LogP contribution in [0.5, 0.6) is 0 Å². The number of carbonyl (C=O) groups excluding carboxylic acids is 3. The molecule has 1 aromatic rings. The van der Waals surface area contributed by atoms with Crippen molar-refractivity contribution in [2.75, 3.05) is 25.0 Å². The zero-order valence-electron chi connectivity index (χ0n) is 15.3. The van der Waals surface area contributed by atoms with Gasteiger partial charge < -0.3 is 20.7 Å². The molecule has 0 spiro atoms. The van der Waals surface area contributed by atoms with Gasteiger partial charge in [-0.05, 0) is 43.0 Å². The van der Waals surface area contributed by atoms with Crippen LogP contribution in [0.2, 0.25) is 0 Å². The quantitative estimate of drug-likeness (QED) is 0.614. The molecule has 0 aromatic heterocycles. The number of nitrogens with one attached hydrogen (secondary N) is 3. The summed E-state index contributed by atoms with van der Waals surface area (Å²) in [6, 6.07) is 6.72. The fraction of sp³-hybridized carbons (Fsp3) is 0.526. The van der Waals surface area contributed by atoms with E-state index in [0.717, 1.165) is 12.8 Å². The van der Waals surface area contributed by atoms with Gasteiger partial charge in [0.2, 0.25) is 11.8 Å². The maximum Gasteiger partial charge on any atom is 0.251 e. The largest absolute Gasteiger partial charge is 0.368 e. The first-order valence-corrected chi connectivity index (χ1v) is 9.03. The lowest BCUT2D eigenvalue weighted by molar-refractivity contribution is -0.130. The van der Waals surface area contributed by atoms with Gasteiger partial charge in [0.25, 0.3) is 5.91 Å². The third-order valence-electron chi connectivity index (χ3n) is 3.96. The van der Waals surface area contributed by atoms with Crippen LogP contribution in [0.3, 0.4) is 0 Å². The standard InChI is InChI=1S/C19H27N3O4/c1-13(2)12-17(23)22-15-7-5-14(6-8-15)18(24)20-9-10-21-19(25)16-4-3-11-26-16/h5-8,13,16H,3-4,9-12H2,1-2H3,(H,20,24)(H,21,25)(H,22,23). The van der Waals surface area contributed by atoms with Crippen LogP contribution in [-0.4, -0.2) is 43.5 Å². The van der Waals surface area contributed by atoms with Gasteiger partial charge in [-0.15, -0.1) is 0 Å². The topological polar surface area (TPSA) is 96.5 Å². The van der Waals surface area contributed by atoms with E-state index in [1.165, 1.54) is 0 Å². The number of hydrogen-bond donors (Lipinski definition) is 3. The third kappa shape index (κ3) is 6.48. The molecule has 1 aliphatic heterocycles.